The van der Waals surface area contributed by atoms with Crippen LogP contribution in [0.5, 0.6) is 0 Å². The average molecular weight is 383 g/mol. The van der Waals surface area contributed by atoms with Crippen LogP contribution in [-0.2, 0) is 4.94 Å². The molecule has 0 N–H and O–H groups in total. The molecule has 1 rings (SSSR count). The van der Waals surface area contributed by atoms with Crippen molar-refractivity contribution in [1.29, 1.82) is 0 Å². The quantitative estimate of drug-likeness (QED) is 0.307. The molecule has 0 aliphatic carbocycles. The molecule has 0 aliphatic heterocycles. The molecule has 0 fully saturated rings. The fourth-order valence-corrected chi connectivity index (χ4v) is 2.54. The minimum Gasteiger partial charge on any atom is -0.294 e. The topological polar surface area (TPSA) is 9.23 Å². The van der Waals surface area contributed by atoms with E-state index in [1.807, 2.05) is 77.1 Å². The molecule has 0 bridgehead atoms. The fourth-order valence-electron chi connectivity index (χ4n) is 2.54. The van der Waals surface area contributed by atoms with Crippen LogP contribution in [0.2, 0.25) is 0 Å². The summed E-state index contributed by atoms with van der Waals surface area (Å²) in [6.45, 7) is 24.9. The zero-order valence-corrected chi connectivity index (χ0v) is 18.0. The van der Waals surface area contributed by atoms with Gasteiger partial charge in [-0.2, -0.15) is 0 Å². The van der Waals surface area contributed by atoms with E-state index in [0.717, 1.165) is 16.7 Å². The third-order valence-electron chi connectivity index (χ3n) is 3.62. The summed E-state index contributed by atoms with van der Waals surface area (Å²) in [6.07, 6.45) is 10.1. The van der Waals surface area contributed by atoms with Crippen LogP contribution in [0.3, 0.4) is 0 Å². The van der Waals surface area contributed by atoms with Gasteiger partial charge in [-0.05, 0) is 24.1 Å². The zero-order valence-electron chi connectivity index (χ0n) is 18.0. The largest absolute Gasteiger partial charge is 0.294 e. The Hall–Kier alpha value is -2.87. The number of halogens is 1. The second-order valence-electron chi connectivity index (χ2n) is 5.14. The molecule has 1 aromatic carbocycles. The van der Waals surface area contributed by atoms with Gasteiger partial charge in [0.25, 0.3) is 0 Å². The third kappa shape index (κ3) is 8.68. The maximum Gasteiger partial charge on any atom is 0.178 e. The summed E-state index contributed by atoms with van der Waals surface area (Å²) < 4.78 is 12.7. The van der Waals surface area contributed by atoms with Crippen LogP contribution in [-0.4, -0.2) is 0 Å². The minimum absolute atomic E-state index is 0.0315. The molecule has 0 amide bonds. The summed E-state index contributed by atoms with van der Waals surface area (Å²) in [7, 11) is 0. The molecule has 1 atom stereocenters. The Bertz CT molecular complexity index is 690. The summed E-state index contributed by atoms with van der Waals surface area (Å²) in [5.74, 6) is -0.00802. The summed E-state index contributed by atoms with van der Waals surface area (Å²) in [5.41, 5.74) is 3.60. The lowest BCUT2D eigenvalue weighted by atomic mass is 9.84. The van der Waals surface area contributed by atoms with E-state index in [1.54, 1.807) is 12.2 Å². The fraction of sp³-hybridized carbons (Fsp3) is 0.231. The summed E-state index contributed by atoms with van der Waals surface area (Å²) >= 11 is 0. The number of rotatable bonds is 9. The second kappa shape index (κ2) is 17.5. The van der Waals surface area contributed by atoms with Crippen molar-refractivity contribution in [2.24, 2.45) is 0 Å². The van der Waals surface area contributed by atoms with Gasteiger partial charge < -0.3 is 0 Å². The van der Waals surface area contributed by atoms with E-state index < -0.39 is 0 Å². The van der Waals surface area contributed by atoms with Gasteiger partial charge in [-0.1, -0.05) is 120 Å². The highest BCUT2D eigenvalue weighted by Crippen LogP contribution is 2.33. The highest BCUT2D eigenvalue weighted by atomic mass is 19.3. The molecule has 0 aliphatic rings. The summed E-state index contributed by atoms with van der Waals surface area (Å²) in [6, 6.07) is 10.0. The molecule has 0 saturated heterocycles. The van der Waals surface area contributed by atoms with Gasteiger partial charge in [-0.3, -0.25) is 4.94 Å². The standard InChI is InChI=1S/C22H23FO.2C2H6/c1-6-13-18(7-2)22(20-14-11-10-12-15-20)17(5)16-19(8-3)21(9-4)24-23;2*1-2/h6-16,22H,1-4H2,5H3;2*1-2H3/b17-16+,18-13+,21-19+;;. The number of allylic oxidation sites excluding steroid dienone is 9. The molecule has 0 saturated carbocycles. The lowest BCUT2D eigenvalue weighted by Gasteiger charge is -2.20. The predicted octanol–water partition coefficient (Wildman–Crippen LogP) is 8.59. The molecular weight excluding hydrogens is 347 g/mol. The normalized spacial score (nSPS) is 12.6. The van der Waals surface area contributed by atoms with Crippen LogP contribution < -0.4 is 0 Å². The second-order valence-corrected chi connectivity index (χ2v) is 5.14. The van der Waals surface area contributed by atoms with E-state index in [1.165, 1.54) is 12.2 Å². The van der Waals surface area contributed by atoms with Crippen LogP contribution in [0.4, 0.5) is 4.53 Å². The lowest BCUT2D eigenvalue weighted by molar-refractivity contribution is -0.0772. The van der Waals surface area contributed by atoms with Gasteiger partial charge >= 0.3 is 0 Å². The Balaban J connectivity index is 0. The SMILES string of the molecule is C=C/C=C(\C=C)C(/C(C)=C/C(C=C)=C(\C=C)OF)c1ccccc1.CC.CC. The molecule has 1 aromatic rings. The van der Waals surface area contributed by atoms with E-state index in [0.29, 0.717) is 5.57 Å². The molecule has 2 heteroatoms. The van der Waals surface area contributed by atoms with E-state index in [4.69, 9.17) is 0 Å². The Labute approximate surface area is 171 Å². The Morgan fingerprint density at radius 1 is 0.929 bits per heavy atom. The molecule has 0 heterocycles. The maximum atomic E-state index is 12.7. The lowest BCUT2D eigenvalue weighted by Crippen LogP contribution is -2.04. The molecule has 28 heavy (non-hydrogen) atoms. The first-order valence-electron chi connectivity index (χ1n) is 9.58. The van der Waals surface area contributed by atoms with Gasteiger partial charge in [0.1, 0.15) is 0 Å². The monoisotopic (exact) mass is 382 g/mol. The molecule has 0 spiro atoms. The molecule has 1 unspecified atom stereocenters. The number of benzene rings is 1. The smallest absolute Gasteiger partial charge is 0.178 e. The average Bonchev–Trinajstić information content (AvgIpc) is 2.76. The van der Waals surface area contributed by atoms with E-state index >= 15 is 0 Å². The Morgan fingerprint density at radius 2 is 1.50 bits per heavy atom. The van der Waals surface area contributed by atoms with E-state index in [-0.39, 0.29) is 11.7 Å². The number of hydrogen-bond acceptors (Lipinski definition) is 1. The summed E-state index contributed by atoms with van der Waals surface area (Å²) in [5, 5.41) is 0. The van der Waals surface area contributed by atoms with Gasteiger partial charge in [-0.15, -0.1) is 0 Å². The van der Waals surface area contributed by atoms with Crippen molar-refractivity contribution >= 4 is 0 Å². The summed E-state index contributed by atoms with van der Waals surface area (Å²) in [4.78, 5) is 3.87. The zero-order chi connectivity index (χ0) is 21.9. The first-order chi connectivity index (χ1) is 13.6. The van der Waals surface area contributed by atoms with Crippen LogP contribution in [0.1, 0.15) is 46.1 Å². The van der Waals surface area contributed by atoms with Crippen molar-refractivity contribution in [3.63, 3.8) is 0 Å². The Kier molecular flexibility index (Phi) is 17.1. The van der Waals surface area contributed by atoms with Gasteiger partial charge in [0.05, 0.1) is 0 Å². The molecular formula is C26H35FO. The van der Waals surface area contributed by atoms with Crippen LogP contribution in [0.15, 0.2) is 116 Å². The van der Waals surface area contributed by atoms with E-state index in [2.05, 4.69) is 31.3 Å². The number of hydrogen-bond donors (Lipinski definition) is 0. The molecule has 0 radical (unpaired) electrons. The first-order valence-corrected chi connectivity index (χ1v) is 9.58. The van der Waals surface area contributed by atoms with Crippen molar-refractivity contribution in [2.45, 2.75) is 40.5 Å². The first kappa shape index (κ1) is 27.3. The van der Waals surface area contributed by atoms with Gasteiger partial charge in [-0.25, -0.2) is 0 Å². The molecule has 152 valence electrons. The van der Waals surface area contributed by atoms with Gasteiger partial charge in [0.2, 0.25) is 0 Å². The molecule has 1 nitrogen and oxygen atoms in total. The van der Waals surface area contributed by atoms with Crippen LogP contribution >= 0.6 is 0 Å². The third-order valence-corrected chi connectivity index (χ3v) is 3.62. The highest BCUT2D eigenvalue weighted by Gasteiger charge is 2.17. The van der Waals surface area contributed by atoms with Crippen molar-refractivity contribution in [1.82, 2.24) is 0 Å². The van der Waals surface area contributed by atoms with Crippen molar-refractivity contribution in [3.8, 4) is 0 Å². The highest BCUT2D eigenvalue weighted by molar-refractivity contribution is 5.47. The van der Waals surface area contributed by atoms with Crippen LogP contribution in [0.25, 0.3) is 0 Å². The van der Waals surface area contributed by atoms with Crippen molar-refractivity contribution in [2.75, 3.05) is 0 Å². The molecule has 0 aromatic heterocycles. The minimum atomic E-state index is -0.0395. The Morgan fingerprint density at radius 3 is 1.89 bits per heavy atom. The van der Waals surface area contributed by atoms with E-state index in [9.17, 15) is 4.53 Å². The van der Waals surface area contributed by atoms with Crippen LogP contribution in [0, 0.1) is 0 Å². The van der Waals surface area contributed by atoms with Crippen molar-refractivity contribution in [3.05, 3.63) is 121 Å². The predicted molar refractivity (Wildman–Crippen MR) is 124 cm³/mol. The maximum absolute atomic E-state index is 12.7. The van der Waals surface area contributed by atoms with Crippen molar-refractivity contribution < 1.29 is 9.47 Å². The van der Waals surface area contributed by atoms with Gasteiger partial charge in [0, 0.05) is 16.0 Å². The van der Waals surface area contributed by atoms with Gasteiger partial charge in [0.15, 0.2) is 5.76 Å².